The number of hydrogen-bond acceptors (Lipinski definition) is 9. The van der Waals surface area contributed by atoms with E-state index in [2.05, 4.69) is 21.3 Å². The topological polar surface area (TPSA) is 249 Å². The van der Waals surface area contributed by atoms with Gasteiger partial charge in [0.25, 0.3) is 0 Å². The first kappa shape index (κ1) is 43.7. The van der Waals surface area contributed by atoms with Crippen LogP contribution in [-0.2, 0) is 35.2 Å². The Morgan fingerprint density at radius 1 is 0.815 bits per heavy atom. The highest BCUT2D eigenvalue weighted by Crippen LogP contribution is 2.21. The summed E-state index contributed by atoms with van der Waals surface area (Å²) >= 11 is 0. The standard InChI is InChI=1S/C40H59N7O7/c1-25(2)21-29(40(53)54)24-35(48)34(23-26-17-18-27-11-3-4-12-28(27)22-26)47-39(52)32-14-6-5-13-30(43)36(49)44-31(15-7-9-19-41)37(50)46-33(38(51)45-32)16-8-10-20-42/h3-6,11-12,17-18,22,25,29-34H,7-10,13-16,19-21,23-24,41-43H2,1-2H3,(H,44,49)(H,45,51)(H,46,50)(H,47,52)(H,53,54)/t29-,30+,31+,32+,33+,34+/m1/s1. The lowest BCUT2D eigenvalue weighted by Crippen LogP contribution is -2.58. The minimum atomic E-state index is -1.19. The summed E-state index contributed by atoms with van der Waals surface area (Å²) in [5.41, 5.74) is 18.3. The lowest BCUT2D eigenvalue weighted by atomic mass is 9.89. The summed E-state index contributed by atoms with van der Waals surface area (Å²) in [4.78, 5) is 80.5. The van der Waals surface area contributed by atoms with Gasteiger partial charge in [0.05, 0.1) is 18.0 Å². The molecule has 1 aliphatic rings. The molecule has 1 heterocycles. The molecule has 2 aromatic rings. The molecule has 54 heavy (non-hydrogen) atoms. The van der Waals surface area contributed by atoms with Crippen LogP contribution in [0.1, 0.15) is 83.6 Å². The first-order valence-corrected chi connectivity index (χ1v) is 19.1. The van der Waals surface area contributed by atoms with Crippen LogP contribution in [-0.4, -0.2) is 83.8 Å². The van der Waals surface area contributed by atoms with Gasteiger partial charge in [-0.3, -0.25) is 28.8 Å². The quantitative estimate of drug-likeness (QED) is 0.0813. The molecular formula is C40H59N7O7. The molecule has 0 saturated heterocycles. The third kappa shape index (κ3) is 14.3. The van der Waals surface area contributed by atoms with Crippen LogP contribution in [0.2, 0.25) is 0 Å². The zero-order valence-corrected chi connectivity index (χ0v) is 31.6. The molecule has 11 N–H and O–H groups in total. The number of Topliss-reactive ketones (excluding diaryl/α,β-unsaturated/α-hetero) is 1. The van der Waals surface area contributed by atoms with Crippen LogP contribution in [0.5, 0.6) is 0 Å². The van der Waals surface area contributed by atoms with Crippen molar-refractivity contribution in [1.29, 1.82) is 0 Å². The molecule has 1 aliphatic heterocycles. The Kier molecular flexibility index (Phi) is 18.3. The van der Waals surface area contributed by atoms with Crippen molar-refractivity contribution in [3.8, 4) is 0 Å². The number of ketones is 1. The minimum absolute atomic E-state index is 0.0148. The number of rotatable bonds is 18. The van der Waals surface area contributed by atoms with Crippen molar-refractivity contribution in [2.24, 2.45) is 29.0 Å². The number of fused-ring (bicyclic) bond motifs is 1. The monoisotopic (exact) mass is 749 g/mol. The van der Waals surface area contributed by atoms with E-state index in [1.165, 1.54) is 0 Å². The van der Waals surface area contributed by atoms with E-state index in [0.717, 1.165) is 16.3 Å². The molecule has 14 nitrogen and oxygen atoms in total. The molecule has 4 amide bonds. The fraction of sp³-hybridized carbons (Fsp3) is 0.550. The third-order valence-electron chi connectivity index (χ3n) is 9.57. The number of amides is 4. The maximum atomic E-state index is 14.1. The number of benzene rings is 2. The number of nitrogens with two attached hydrogens (primary N) is 3. The van der Waals surface area contributed by atoms with E-state index < -0.39 is 71.5 Å². The van der Waals surface area contributed by atoms with E-state index in [4.69, 9.17) is 17.2 Å². The Morgan fingerprint density at radius 3 is 2.02 bits per heavy atom. The molecule has 14 heteroatoms. The van der Waals surface area contributed by atoms with Gasteiger partial charge in [-0.1, -0.05) is 68.5 Å². The second-order valence-corrected chi connectivity index (χ2v) is 14.6. The van der Waals surface area contributed by atoms with Crippen molar-refractivity contribution >= 4 is 46.2 Å². The molecule has 0 fully saturated rings. The maximum absolute atomic E-state index is 14.1. The van der Waals surface area contributed by atoms with Gasteiger partial charge in [0.2, 0.25) is 23.6 Å². The van der Waals surface area contributed by atoms with Gasteiger partial charge in [0, 0.05) is 6.42 Å². The molecule has 0 unspecified atom stereocenters. The van der Waals surface area contributed by atoms with Gasteiger partial charge in [-0.05, 0) is 99.6 Å². The average molecular weight is 750 g/mol. The molecular weight excluding hydrogens is 690 g/mol. The zero-order valence-electron chi connectivity index (χ0n) is 31.6. The summed E-state index contributed by atoms with van der Waals surface area (Å²) < 4.78 is 0. The summed E-state index contributed by atoms with van der Waals surface area (Å²) in [5, 5.41) is 23.0. The second kappa shape index (κ2) is 22.5. The van der Waals surface area contributed by atoms with Gasteiger partial charge in [-0.25, -0.2) is 0 Å². The Labute approximate surface area is 317 Å². The predicted molar refractivity (Wildman–Crippen MR) is 208 cm³/mol. The van der Waals surface area contributed by atoms with Crippen molar-refractivity contribution in [1.82, 2.24) is 21.3 Å². The summed E-state index contributed by atoms with van der Waals surface area (Å²) in [6, 6.07) is 8.14. The molecule has 296 valence electrons. The molecule has 2 aromatic carbocycles. The Morgan fingerprint density at radius 2 is 1.41 bits per heavy atom. The van der Waals surface area contributed by atoms with Crippen molar-refractivity contribution in [2.45, 2.75) is 115 Å². The Hall–Kier alpha value is -4.66. The normalized spacial score (nSPS) is 21.0. The number of carbonyl (C=O) groups is 6. The zero-order chi connectivity index (χ0) is 39.6. The predicted octanol–water partition coefficient (Wildman–Crippen LogP) is 1.96. The lowest BCUT2D eigenvalue weighted by molar-refractivity contribution is -0.144. The highest BCUT2D eigenvalue weighted by atomic mass is 16.4. The number of carboxylic acids is 1. The molecule has 6 atom stereocenters. The number of nitrogens with one attached hydrogen (secondary N) is 4. The number of unbranched alkanes of at least 4 members (excludes halogenated alkanes) is 2. The first-order valence-electron chi connectivity index (χ1n) is 19.1. The average Bonchev–Trinajstić information content (AvgIpc) is 3.13. The fourth-order valence-electron chi connectivity index (χ4n) is 6.51. The van der Waals surface area contributed by atoms with Gasteiger partial charge in [-0.15, -0.1) is 0 Å². The van der Waals surface area contributed by atoms with E-state index in [9.17, 15) is 33.9 Å². The van der Waals surface area contributed by atoms with Gasteiger partial charge in [0.15, 0.2) is 5.78 Å². The molecule has 0 spiro atoms. The molecule has 3 rings (SSSR count). The number of aliphatic carboxylic acids is 1. The number of hydrogen-bond donors (Lipinski definition) is 8. The van der Waals surface area contributed by atoms with E-state index in [0.29, 0.717) is 38.8 Å². The maximum Gasteiger partial charge on any atom is 0.306 e. The van der Waals surface area contributed by atoms with E-state index >= 15 is 0 Å². The summed E-state index contributed by atoms with van der Waals surface area (Å²) in [5.74, 6) is -4.83. The first-order chi connectivity index (χ1) is 25.8. The second-order valence-electron chi connectivity index (χ2n) is 14.6. The largest absolute Gasteiger partial charge is 0.481 e. The van der Waals surface area contributed by atoms with Crippen LogP contribution >= 0.6 is 0 Å². The van der Waals surface area contributed by atoms with Crippen molar-refractivity contribution in [3.05, 3.63) is 60.2 Å². The molecule has 0 bridgehead atoms. The van der Waals surface area contributed by atoms with Crippen LogP contribution < -0.4 is 38.5 Å². The van der Waals surface area contributed by atoms with Gasteiger partial charge < -0.3 is 43.6 Å². The molecule has 0 saturated carbocycles. The van der Waals surface area contributed by atoms with Crippen molar-refractivity contribution in [3.63, 3.8) is 0 Å². The Balaban J connectivity index is 1.95. The van der Waals surface area contributed by atoms with Crippen LogP contribution in [0.4, 0.5) is 0 Å². The fourth-order valence-corrected chi connectivity index (χ4v) is 6.51. The van der Waals surface area contributed by atoms with E-state index in [1.54, 1.807) is 12.2 Å². The van der Waals surface area contributed by atoms with Gasteiger partial charge in [-0.2, -0.15) is 0 Å². The van der Waals surface area contributed by atoms with Crippen molar-refractivity contribution < 1.29 is 33.9 Å². The summed E-state index contributed by atoms with van der Waals surface area (Å²) in [6.07, 6.45) is 6.22. The lowest BCUT2D eigenvalue weighted by Gasteiger charge is -2.27. The third-order valence-corrected chi connectivity index (χ3v) is 9.57. The summed E-state index contributed by atoms with van der Waals surface area (Å²) in [7, 11) is 0. The minimum Gasteiger partial charge on any atom is -0.481 e. The Bertz CT molecular complexity index is 1610. The molecule has 0 aromatic heterocycles. The number of carboxylic acid groups (broad SMARTS) is 1. The highest BCUT2D eigenvalue weighted by Gasteiger charge is 2.33. The highest BCUT2D eigenvalue weighted by molar-refractivity contribution is 5.97. The van der Waals surface area contributed by atoms with Crippen LogP contribution in [0.3, 0.4) is 0 Å². The van der Waals surface area contributed by atoms with E-state index in [1.807, 2.05) is 56.3 Å². The van der Waals surface area contributed by atoms with Crippen molar-refractivity contribution in [2.75, 3.05) is 13.1 Å². The van der Waals surface area contributed by atoms with Gasteiger partial charge in [0.1, 0.15) is 18.1 Å². The molecule has 0 aliphatic carbocycles. The van der Waals surface area contributed by atoms with E-state index in [-0.39, 0.29) is 50.9 Å². The molecule has 0 radical (unpaired) electrons. The van der Waals surface area contributed by atoms with Gasteiger partial charge >= 0.3 is 5.97 Å². The van der Waals surface area contributed by atoms with Crippen LogP contribution in [0, 0.1) is 11.8 Å². The van der Waals surface area contributed by atoms with Crippen LogP contribution in [0.25, 0.3) is 10.8 Å². The summed E-state index contributed by atoms with van der Waals surface area (Å²) in [6.45, 7) is 4.55. The van der Waals surface area contributed by atoms with Crippen LogP contribution in [0.15, 0.2) is 54.6 Å². The number of carbonyl (C=O) groups excluding carboxylic acids is 5. The SMILES string of the molecule is CC(C)C[C@H](CC(=O)[C@H](Cc1ccc2ccccc2c1)NC(=O)[C@@H]1CC=CC[C@H](N)C(=O)N[C@@H](CCCCN)C(=O)N[C@@H](CCCCN)C(=O)N1)C(=O)O. The smallest absolute Gasteiger partial charge is 0.306 e.